The Morgan fingerprint density at radius 3 is 1.90 bits per heavy atom. The zero-order valence-electron chi connectivity index (χ0n) is 14.3. The highest BCUT2D eigenvalue weighted by atomic mass is 32.2. The van der Waals surface area contributed by atoms with E-state index >= 15 is 0 Å². The van der Waals surface area contributed by atoms with Crippen molar-refractivity contribution in [3.63, 3.8) is 0 Å². The van der Waals surface area contributed by atoms with Crippen LogP contribution >= 0.6 is 0 Å². The van der Waals surface area contributed by atoms with E-state index < -0.39 is 10.0 Å². The molecule has 5 nitrogen and oxygen atoms in total. The van der Waals surface area contributed by atoms with Gasteiger partial charge in [0, 0.05) is 25.3 Å². The van der Waals surface area contributed by atoms with Crippen LogP contribution in [0.3, 0.4) is 0 Å². The number of rotatable bonds is 7. The largest absolute Gasteiger partial charge is 0.269 e. The van der Waals surface area contributed by atoms with Gasteiger partial charge in [0.05, 0.1) is 5.69 Å². The predicted molar refractivity (Wildman–Crippen MR) is 85.8 cm³/mol. The first-order chi connectivity index (χ1) is 9.55. The summed E-state index contributed by atoms with van der Waals surface area (Å²) in [5, 5.41) is 4.33. The molecule has 0 aliphatic rings. The van der Waals surface area contributed by atoms with Crippen molar-refractivity contribution in [1.82, 2.24) is 14.1 Å². The minimum atomic E-state index is -3.48. The summed E-state index contributed by atoms with van der Waals surface area (Å²) in [6, 6.07) is 0.149. The number of nitrogens with zero attached hydrogens (tertiary/aromatic N) is 3. The Bertz CT molecular complexity index is 549. The molecule has 0 N–H and O–H groups in total. The molecule has 1 heterocycles. The maximum Gasteiger partial charge on any atom is 0.246 e. The van der Waals surface area contributed by atoms with Crippen molar-refractivity contribution in [2.24, 2.45) is 11.8 Å². The molecule has 6 heteroatoms. The lowest BCUT2D eigenvalue weighted by molar-refractivity contribution is 0.333. The molecule has 1 rings (SSSR count). The minimum absolute atomic E-state index is 0.149. The highest BCUT2D eigenvalue weighted by Crippen LogP contribution is 2.22. The normalized spacial score (nSPS) is 13.1. The summed E-state index contributed by atoms with van der Waals surface area (Å²) in [5.74, 6) is 0.581. The Balaban J connectivity index is 3.21. The maximum absolute atomic E-state index is 12.9. The first-order valence-corrected chi connectivity index (χ1v) is 9.05. The van der Waals surface area contributed by atoms with Crippen LogP contribution in [-0.2, 0) is 10.0 Å². The molecule has 0 amide bonds. The second-order valence-corrected chi connectivity index (χ2v) is 8.67. The summed E-state index contributed by atoms with van der Waals surface area (Å²) in [6.07, 6.45) is 1.66. The van der Waals surface area contributed by atoms with E-state index in [1.807, 2.05) is 41.5 Å². The fraction of sp³-hybridized carbons (Fsp3) is 0.800. The lowest BCUT2D eigenvalue weighted by atomic mass is 10.2. The van der Waals surface area contributed by atoms with Gasteiger partial charge < -0.3 is 0 Å². The molecule has 0 saturated carbocycles. The van der Waals surface area contributed by atoms with E-state index in [4.69, 9.17) is 0 Å². The van der Waals surface area contributed by atoms with Crippen LogP contribution in [-0.4, -0.2) is 35.6 Å². The van der Waals surface area contributed by atoms with Gasteiger partial charge in [-0.2, -0.15) is 9.40 Å². The minimum Gasteiger partial charge on any atom is -0.269 e. The van der Waals surface area contributed by atoms with E-state index in [1.54, 1.807) is 22.1 Å². The quantitative estimate of drug-likeness (QED) is 0.777. The zero-order valence-corrected chi connectivity index (χ0v) is 15.1. The molecule has 0 radical (unpaired) electrons. The zero-order chi connectivity index (χ0) is 16.4. The van der Waals surface area contributed by atoms with Gasteiger partial charge in [-0.15, -0.1) is 0 Å². The number of sulfonamides is 1. The summed E-state index contributed by atoms with van der Waals surface area (Å²) >= 11 is 0. The van der Waals surface area contributed by atoms with E-state index in [0.29, 0.717) is 35.5 Å². The Morgan fingerprint density at radius 1 is 1.10 bits per heavy atom. The van der Waals surface area contributed by atoms with E-state index in [1.165, 1.54) is 0 Å². The Labute approximate surface area is 129 Å². The van der Waals surface area contributed by atoms with E-state index in [9.17, 15) is 8.42 Å². The molecule has 0 aliphatic heterocycles. The SMILES string of the molecule is Cc1nn(C(C)C)cc1S(=O)(=O)N(CC(C)C)CC(C)C. The summed E-state index contributed by atoms with van der Waals surface area (Å²) in [7, 11) is -3.48. The molecule has 0 aromatic carbocycles. The first kappa shape index (κ1) is 18.2. The monoisotopic (exact) mass is 315 g/mol. The van der Waals surface area contributed by atoms with Crippen LogP contribution < -0.4 is 0 Å². The van der Waals surface area contributed by atoms with Crippen molar-refractivity contribution in [2.45, 2.75) is 59.4 Å². The molecule has 0 fully saturated rings. The van der Waals surface area contributed by atoms with Crippen molar-refractivity contribution >= 4 is 10.0 Å². The smallest absolute Gasteiger partial charge is 0.246 e. The molecule has 1 aromatic rings. The Morgan fingerprint density at radius 2 is 1.57 bits per heavy atom. The molecule has 0 unspecified atom stereocenters. The second-order valence-electron chi connectivity index (χ2n) is 6.76. The van der Waals surface area contributed by atoms with Crippen LogP contribution in [0.15, 0.2) is 11.1 Å². The lowest BCUT2D eigenvalue weighted by Gasteiger charge is -2.25. The lowest BCUT2D eigenvalue weighted by Crippen LogP contribution is -2.37. The van der Waals surface area contributed by atoms with Gasteiger partial charge in [-0.05, 0) is 32.6 Å². The molecule has 0 atom stereocenters. The van der Waals surface area contributed by atoms with Gasteiger partial charge >= 0.3 is 0 Å². The highest BCUT2D eigenvalue weighted by molar-refractivity contribution is 7.89. The molecule has 1 aromatic heterocycles. The fourth-order valence-corrected chi connectivity index (χ4v) is 4.13. The third-order valence-electron chi connectivity index (χ3n) is 3.16. The van der Waals surface area contributed by atoms with Crippen molar-refractivity contribution in [1.29, 1.82) is 0 Å². The summed E-state index contributed by atoms with van der Waals surface area (Å²) < 4.78 is 29.2. The van der Waals surface area contributed by atoms with Crippen LogP contribution in [0.5, 0.6) is 0 Å². The third kappa shape index (κ3) is 4.54. The van der Waals surface area contributed by atoms with Crippen LogP contribution in [0.25, 0.3) is 0 Å². The number of hydrogen-bond acceptors (Lipinski definition) is 3. The molecular formula is C15H29N3O2S. The fourth-order valence-electron chi connectivity index (χ4n) is 2.21. The third-order valence-corrected chi connectivity index (χ3v) is 5.09. The summed E-state index contributed by atoms with van der Waals surface area (Å²) in [6.45, 7) is 14.9. The Kier molecular flexibility index (Phi) is 5.99. The van der Waals surface area contributed by atoms with Crippen molar-refractivity contribution in [3.8, 4) is 0 Å². The van der Waals surface area contributed by atoms with Crippen LogP contribution in [0.1, 0.15) is 53.3 Å². The molecule has 0 spiro atoms. The molecule has 0 bridgehead atoms. The van der Waals surface area contributed by atoms with Gasteiger partial charge in [0.2, 0.25) is 10.0 Å². The number of aryl methyl sites for hydroxylation is 1. The first-order valence-electron chi connectivity index (χ1n) is 7.61. The summed E-state index contributed by atoms with van der Waals surface area (Å²) in [4.78, 5) is 0.331. The standard InChI is InChI=1S/C15H29N3O2S/c1-11(2)8-17(9-12(3)4)21(19,20)15-10-18(13(5)6)16-14(15)7/h10-13H,8-9H2,1-7H3. The summed E-state index contributed by atoms with van der Waals surface area (Å²) in [5.41, 5.74) is 0.571. The molecular weight excluding hydrogens is 286 g/mol. The molecule has 0 saturated heterocycles. The van der Waals surface area contributed by atoms with Crippen LogP contribution in [0.2, 0.25) is 0 Å². The van der Waals surface area contributed by atoms with Gasteiger partial charge in [-0.1, -0.05) is 27.7 Å². The van der Waals surface area contributed by atoms with E-state index in [0.717, 1.165) is 0 Å². The van der Waals surface area contributed by atoms with E-state index in [-0.39, 0.29) is 6.04 Å². The maximum atomic E-state index is 12.9. The second kappa shape index (κ2) is 6.92. The van der Waals surface area contributed by atoms with Gasteiger partial charge in [0.1, 0.15) is 4.90 Å². The highest BCUT2D eigenvalue weighted by Gasteiger charge is 2.29. The van der Waals surface area contributed by atoms with Crippen LogP contribution in [0.4, 0.5) is 0 Å². The van der Waals surface area contributed by atoms with Crippen molar-refractivity contribution < 1.29 is 8.42 Å². The van der Waals surface area contributed by atoms with Crippen LogP contribution in [0, 0.1) is 18.8 Å². The Hall–Kier alpha value is -0.880. The van der Waals surface area contributed by atoms with E-state index in [2.05, 4.69) is 5.10 Å². The molecule has 122 valence electrons. The molecule has 0 aliphatic carbocycles. The van der Waals surface area contributed by atoms with Gasteiger partial charge in [0.15, 0.2) is 0 Å². The average Bonchev–Trinajstić information content (AvgIpc) is 2.70. The van der Waals surface area contributed by atoms with Gasteiger partial charge in [0.25, 0.3) is 0 Å². The average molecular weight is 315 g/mol. The van der Waals surface area contributed by atoms with Gasteiger partial charge in [-0.3, -0.25) is 4.68 Å². The molecule has 21 heavy (non-hydrogen) atoms. The predicted octanol–water partition coefficient (Wildman–Crippen LogP) is 3.08. The van der Waals surface area contributed by atoms with Gasteiger partial charge in [-0.25, -0.2) is 8.42 Å². The van der Waals surface area contributed by atoms with Crippen molar-refractivity contribution in [3.05, 3.63) is 11.9 Å². The van der Waals surface area contributed by atoms with Crippen molar-refractivity contribution in [2.75, 3.05) is 13.1 Å². The topological polar surface area (TPSA) is 55.2 Å². The number of aromatic nitrogens is 2. The number of hydrogen-bond donors (Lipinski definition) is 0.